The van der Waals surface area contributed by atoms with E-state index in [0.29, 0.717) is 0 Å². The smallest absolute Gasteiger partial charge is 0.208 e. The fourth-order valence-electron chi connectivity index (χ4n) is 3.06. The molecule has 0 radical (unpaired) electrons. The molecule has 1 aliphatic heterocycles. The molecule has 0 spiro atoms. The summed E-state index contributed by atoms with van der Waals surface area (Å²) in [5, 5.41) is 3.16. The Labute approximate surface area is 154 Å². The van der Waals surface area contributed by atoms with Gasteiger partial charge in [0.2, 0.25) is 5.95 Å². The molecule has 3 aromatic rings. The maximum Gasteiger partial charge on any atom is 0.208 e. The minimum absolute atomic E-state index is 0.740. The van der Waals surface area contributed by atoms with Crippen LogP contribution in [0.4, 0.5) is 11.6 Å². The van der Waals surface area contributed by atoms with Crippen LogP contribution in [0.15, 0.2) is 42.6 Å². The maximum atomic E-state index is 5.49. The lowest BCUT2D eigenvalue weighted by Crippen LogP contribution is -2.38. The average Bonchev–Trinajstić information content (AvgIpc) is 3.08. The van der Waals surface area contributed by atoms with Crippen LogP contribution in [0, 0.1) is 0 Å². The van der Waals surface area contributed by atoms with Gasteiger partial charge in [-0.2, -0.15) is 4.98 Å². The molecule has 138 valence electrons. The highest BCUT2D eigenvalue weighted by Gasteiger charge is 2.20. The predicted octanol–water partition coefficient (Wildman–Crippen LogP) is 3.38. The van der Waals surface area contributed by atoms with Gasteiger partial charge in [0.05, 0.1) is 37.2 Å². The summed E-state index contributed by atoms with van der Waals surface area (Å²) in [7, 11) is 1.91. The number of pyridine rings is 1. The van der Waals surface area contributed by atoms with Gasteiger partial charge in [0.1, 0.15) is 0 Å². The number of imidazole rings is 1. The van der Waals surface area contributed by atoms with Crippen LogP contribution >= 0.6 is 0 Å². The summed E-state index contributed by atoms with van der Waals surface area (Å²) in [5.41, 5.74) is 4.07. The number of aromatic nitrogens is 3. The number of nitrogens with zero attached hydrogens (tertiary/aromatic N) is 4. The Balaban J connectivity index is 0.000000948. The third-order valence-corrected chi connectivity index (χ3v) is 4.35. The number of rotatable bonds is 4. The Morgan fingerprint density at radius 3 is 2.54 bits per heavy atom. The second-order valence-corrected chi connectivity index (χ2v) is 5.90. The number of fused-ring (bicyclic) bond motifs is 1. The molecule has 3 heterocycles. The fourth-order valence-corrected chi connectivity index (χ4v) is 3.06. The van der Waals surface area contributed by atoms with Crippen LogP contribution in [0.1, 0.15) is 19.4 Å². The van der Waals surface area contributed by atoms with E-state index in [1.54, 1.807) is 0 Å². The number of anilines is 2. The lowest BCUT2D eigenvalue weighted by molar-refractivity contribution is 0.121. The minimum atomic E-state index is 0.740. The maximum absolute atomic E-state index is 5.49. The molecule has 2 aromatic heterocycles. The van der Waals surface area contributed by atoms with Gasteiger partial charge in [-0.15, -0.1) is 0 Å². The zero-order chi connectivity index (χ0) is 18.4. The van der Waals surface area contributed by atoms with Crippen LogP contribution in [-0.2, 0) is 11.3 Å². The molecule has 26 heavy (non-hydrogen) atoms. The fraction of sp³-hybridized carbons (Fsp3) is 0.400. The molecule has 1 N–H and O–H groups in total. The second kappa shape index (κ2) is 8.67. The number of hydrogen-bond donors (Lipinski definition) is 1. The van der Waals surface area contributed by atoms with Crippen molar-refractivity contribution in [3.8, 4) is 0 Å². The summed E-state index contributed by atoms with van der Waals surface area (Å²) >= 11 is 0. The molecular formula is C20H27N5O. The summed E-state index contributed by atoms with van der Waals surface area (Å²) in [6.45, 7) is 7.97. The molecule has 6 nitrogen and oxygen atoms in total. The predicted molar refractivity (Wildman–Crippen MR) is 107 cm³/mol. The van der Waals surface area contributed by atoms with Crippen molar-refractivity contribution < 1.29 is 4.74 Å². The van der Waals surface area contributed by atoms with Crippen molar-refractivity contribution in [2.24, 2.45) is 0 Å². The Hall–Kier alpha value is -2.60. The summed E-state index contributed by atoms with van der Waals surface area (Å²) in [4.78, 5) is 11.6. The van der Waals surface area contributed by atoms with Gasteiger partial charge in [-0.25, -0.2) is 4.98 Å². The van der Waals surface area contributed by atoms with Gasteiger partial charge >= 0.3 is 0 Å². The highest BCUT2D eigenvalue weighted by Crippen LogP contribution is 2.25. The van der Waals surface area contributed by atoms with E-state index in [0.717, 1.165) is 55.6 Å². The largest absolute Gasteiger partial charge is 0.387 e. The summed E-state index contributed by atoms with van der Waals surface area (Å²) in [5.74, 6) is 0.970. The first-order valence-electron chi connectivity index (χ1n) is 9.26. The van der Waals surface area contributed by atoms with Crippen LogP contribution in [-0.4, -0.2) is 47.9 Å². The van der Waals surface area contributed by atoms with Crippen LogP contribution in [0.3, 0.4) is 0 Å². The number of benzene rings is 1. The van der Waals surface area contributed by atoms with Crippen molar-refractivity contribution in [3.05, 3.63) is 48.2 Å². The van der Waals surface area contributed by atoms with Gasteiger partial charge in [0.25, 0.3) is 0 Å². The van der Waals surface area contributed by atoms with Gasteiger partial charge < -0.3 is 19.5 Å². The number of nitrogens with one attached hydrogen (secondary N) is 1. The van der Waals surface area contributed by atoms with Crippen molar-refractivity contribution in [2.75, 3.05) is 43.6 Å². The summed E-state index contributed by atoms with van der Waals surface area (Å²) in [6.07, 6.45) is 1.82. The molecule has 1 aliphatic rings. The molecule has 1 fully saturated rings. The Morgan fingerprint density at radius 1 is 1.12 bits per heavy atom. The number of ether oxygens (including phenoxy) is 1. The zero-order valence-corrected chi connectivity index (χ0v) is 15.8. The molecule has 0 unspecified atom stereocenters. The van der Waals surface area contributed by atoms with E-state index < -0.39 is 0 Å². The van der Waals surface area contributed by atoms with E-state index in [4.69, 9.17) is 9.72 Å². The lowest BCUT2D eigenvalue weighted by Gasteiger charge is -2.28. The molecule has 1 aromatic carbocycles. The third-order valence-electron chi connectivity index (χ3n) is 4.35. The molecule has 4 rings (SSSR count). The summed E-state index contributed by atoms with van der Waals surface area (Å²) < 4.78 is 7.74. The average molecular weight is 353 g/mol. The van der Waals surface area contributed by atoms with Crippen molar-refractivity contribution in [2.45, 2.75) is 20.4 Å². The first kappa shape index (κ1) is 18.2. The van der Waals surface area contributed by atoms with E-state index in [1.165, 1.54) is 5.56 Å². The van der Waals surface area contributed by atoms with Gasteiger partial charge in [0.15, 0.2) is 5.65 Å². The van der Waals surface area contributed by atoms with Gasteiger partial charge in [-0.3, -0.25) is 0 Å². The standard InChI is InChI=1S/C18H21N5O.C2H6/c1-19-15-11-16-17(20-12-15)21-18(22-7-9-24-10-8-22)23(16)13-14-5-3-2-4-6-14;1-2/h2-6,11-12,19H,7-10,13H2,1H3;1-2H3. The first-order chi connectivity index (χ1) is 12.8. The Bertz CT molecular complexity index is 825. The van der Waals surface area contributed by atoms with Gasteiger partial charge in [0, 0.05) is 20.1 Å². The third kappa shape index (κ3) is 3.80. The van der Waals surface area contributed by atoms with Crippen LogP contribution in [0.25, 0.3) is 11.2 Å². The number of hydrogen-bond acceptors (Lipinski definition) is 5. The Morgan fingerprint density at radius 2 is 1.85 bits per heavy atom. The zero-order valence-electron chi connectivity index (χ0n) is 15.8. The second-order valence-electron chi connectivity index (χ2n) is 5.90. The normalized spacial score (nSPS) is 14.0. The van der Waals surface area contributed by atoms with Gasteiger partial charge in [-0.05, 0) is 11.6 Å². The SMILES string of the molecule is CC.CNc1cnc2nc(N3CCOCC3)n(Cc3ccccc3)c2c1. The number of morpholine rings is 1. The molecule has 1 saturated heterocycles. The highest BCUT2D eigenvalue weighted by molar-refractivity contribution is 5.78. The molecule has 0 atom stereocenters. The Kier molecular flexibility index (Phi) is 6.07. The molecular weight excluding hydrogens is 326 g/mol. The summed E-state index contributed by atoms with van der Waals surface area (Å²) in [6, 6.07) is 12.6. The lowest BCUT2D eigenvalue weighted by atomic mass is 10.2. The molecule has 6 heteroatoms. The van der Waals surface area contributed by atoms with Crippen LogP contribution in [0.2, 0.25) is 0 Å². The monoisotopic (exact) mass is 353 g/mol. The van der Waals surface area contributed by atoms with E-state index in [9.17, 15) is 0 Å². The van der Waals surface area contributed by atoms with E-state index >= 15 is 0 Å². The van der Waals surface area contributed by atoms with Crippen LogP contribution in [0.5, 0.6) is 0 Å². The molecule has 0 aliphatic carbocycles. The van der Waals surface area contributed by atoms with Crippen LogP contribution < -0.4 is 10.2 Å². The highest BCUT2D eigenvalue weighted by atomic mass is 16.5. The minimum Gasteiger partial charge on any atom is -0.387 e. The van der Waals surface area contributed by atoms with Crippen molar-refractivity contribution in [1.29, 1.82) is 0 Å². The van der Waals surface area contributed by atoms with Crippen molar-refractivity contribution in [3.63, 3.8) is 0 Å². The van der Waals surface area contributed by atoms with Gasteiger partial charge in [-0.1, -0.05) is 44.2 Å². The first-order valence-corrected chi connectivity index (χ1v) is 9.26. The molecule has 0 saturated carbocycles. The molecule has 0 bridgehead atoms. The molecule has 0 amide bonds. The van der Waals surface area contributed by atoms with E-state index in [-0.39, 0.29) is 0 Å². The quantitative estimate of drug-likeness (QED) is 0.779. The van der Waals surface area contributed by atoms with Crippen molar-refractivity contribution in [1.82, 2.24) is 14.5 Å². The topological polar surface area (TPSA) is 55.2 Å². The van der Waals surface area contributed by atoms with E-state index in [1.807, 2.05) is 33.2 Å². The van der Waals surface area contributed by atoms with Crippen molar-refractivity contribution >= 4 is 22.8 Å². The van der Waals surface area contributed by atoms with E-state index in [2.05, 4.69) is 50.1 Å².